The number of aromatic hydroxyl groups is 1. The second-order valence-electron chi connectivity index (χ2n) is 4.36. The molecule has 0 saturated carbocycles. The van der Waals surface area contributed by atoms with Gasteiger partial charge in [-0.1, -0.05) is 23.2 Å². The Hall–Kier alpha value is -0.480. The number of hydrogen-bond donors (Lipinski definition) is 3. The highest BCUT2D eigenvalue weighted by molar-refractivity contribution is 6.42. The van der Waals surface area contributed by atoms with Gasteiger partial charge in [0.25, 0.3) is 0 Å². The molecule has 0 spiro atoms. The monoisotopic (exact) mass is 275 g/mol. The molecule has 0 aliphatic carbocycles. The summed E-state index contributed by atoms with van der Waals surface area (Å²) in [6.07, 6.45) is 1.09. The lowest BCUT2D eigenvalue weighted by Crippen LogP contribution is -2.30. The van der Waals surface area contributed by atoms with Crippen LogP contribution in [0, 0.1) is 5.92 Å². The van der Waals surface area contributed by atoms with Crippen LogP contribution in [-0.4, -0.2) is 23.3 Å². The summed E-state index contributed by atoms with van der Waals surface area (Å²) in [4.78, 5) is 0. The molecule has 17 heavy (non-hydrogen) atoms. The molecule has 1 aliphatic heterocycles. The highest BCUT2D eigenvalue weighted by atomic mass is 35.5. The number of aliphatic hydroxyl groups excluding tert-OH is 1. The molecule has 1 unspecified atom stereocenters. The Kier molecular flexibility index (Phi) is 4.15. The van der Waals surface area contributed by atoms with E-state index in [1.807, 2.05) is 0 Å². The number of halogens is 2. The fraction of sp³-hybridized carbons (Fsp3) is 0.500. The van der Waals surface area contributed by atoms with Crippen LogP contribution < -0.4 is 5.32 Å². The summed E-state index contributed by atoms with van der Waals surface area (Å²) < 4.78 is 0. The number of aliphatic hydroxyl groups is 1. The van der Waals surface area contributed by atoms with Gasteiger partial charge in [-0.3, -0.25) is 0 Å². The lowest BCUT2D eigenvalue weighted by molar-refractivity contribution is 0.0866. The molecule has 5 heteroatoms. The molecule has 94 valence electrons. The van der Waals surface area contributed by atoms with Crippen molar-refractivity contribution in [2.45, 2.75) is 18.9 Å². The zero-order valence-electron chi connectivity index (χ0n) is 9.29. The van der Waals surface area contributed by atoms with Crippen molar-refractivity contribution in [1.82, 2.24) is 5.32 Å². The molecule has 0 aromatic heterocycles. The highest BCUT2D eigenvalue weighted by Crippen LogP contribution is 2.38. The summed E-state index contributed by atoms with van der Waals surface area (Å²) in [5, 5.41) is 23.9. The zero-order chi connectivity index (χ0) is 12.4. The van der Waals surface area contributed by atoms with E-state index in [1.54, 1.807) is 6.07 Å². The second-order valence-corrected chi connectivity index (χ2v) is 5.17. The molecule has 0 amide bonds. The van der Waals surface area contributed by atoms with Crippen molar-refractivity contribution in [2.75, 3.05) is 13.1 Å². The number of nitrogens with one attached hydrogen (secondary N) is 1. The first-order valence-electron chi connectivity index (χ1n) is 5.66. The van der Waals surface area contributed by atoms with Crippen LogP contribution in [0.25, 0.3) is 0 Å². The molecule has 2 rings (SSSR count). The Morgan fingerprint density at radius 2 is 1.76 bits per heavy atom. The summed E-state index contributed by atoms with van der Waals surface area (Å²) in [6, 6.07) is 2.93. The minimum Gasteiger partial charge on any atom is -0.508 e. The van der Waals surface area contributed by atoms with Gasteiger partial charge >= 0.3 is 0 Å². The van der Waals surface area contributed by atoms with Gasteiger partial charge in [-0.2, -0.15) is 0 Å². The summed E-state index contributed by atoms with van der Waals surface area (Å²) in [5.41, 5.74) is 0.464. The predicted octanol–water partition coefficient (Wildman–Crippen LogP) is 2.73. The first kappa shape index (κ1) is 13.0. The lowest BCUT2D eigenvalue weighted by Gasteiger charge is -2.28. The van der Waals surface area contributed by atoms with Crippen molar-refractivity contribution in [1.29, 1.82) is 0 Å². The summed E-state index contributed by atoms with van der Waals surface area (Å²) >= 11 is 11.7. The highest BCUT2D eigenvalue weighted by Gasteiger charge is 2.25. The molecule has 1 aromatic rings. The van der Waals surface area contributed by atoms with Crippen LogP contribution in [0.2, 0.25) is 10.0 Å². The van der Waals surface area contributed by atoms with E-state index in [4.69, 9.17) is 23.2 Å². The van der Waals surface area contributed by atoms with Gasteiger partial charge in [-0.25, -0.2) is 0 Å². The summed E-state index contributed by atoms with van der Waals surface area (Å²) in [6.45, 7) is 1.79. The van der Waals surface area contributed by atoms with Crippen LogP contribution in [0.5, 0.6) is 5.75 Å². The van der Waals surface area contributed by atoms with Crippen molar-refractivity contribution in [3.63, 3.8) is 0 Å². The molecule has 3 N–H and O–H groups in total. The van der Waals surface area contributed by atoms with E-state index in [-0.39, 0.29) is 11.7 Å². The molecule has 1 heterocycles. The third kappa shape index (κ3) is 2.86. The van der Waals surface area contributed by atoms with Crippen molar-refractivity contribution in [2.24, 2.45) is 5.92 Å². The average Bonchev–Trinajstić information content (AvgIpc) is 2.34. The molecule has 0 bridgehead atoms. The Bertz CT molecular complexity index is 406. The topological polar surface area (TPSA) is 52.5 Å². The Morgan fingerprint density at radius 3 is 2.41 bits per heavy atom. The van der Waals surface area contributed by atoms with E-state index < -0.39 is 6.10 Å². The van der Waals surface area contributed by atoms with Crippen LogP contribution in [0.15, 0.2) is 12.1 Å². The molecule has 1 saturated heterocycles. The van der Waals surface area contributed by atoms with Gasteiger partial charge in [0.1, 0.15) is 5.75 Å². The predicted molar refractivity (Wildman–Crippen MR) is 68.7 cm³/mol. The first-order chi connectivity index (χ1) is 8.09. The number of hydrogen-bond acceptors (Lipinski definition) is 3. The van der Waals surface area contributed by atoms with E-state index in [0.717, 1.165) is 25.9 Å². The van der Waals surface area contributed by atoms with E-state index in [1.165, 1.54) is 6.07 Å². The van der Waals surface area contributed by atoms with Gasteiger partial charge in [-0.15, -0.1) is 0 Å². The summed E-state index contributed by atoms with van der Waals surface area (Å²) in [7, 11) is 0. The molecule has 1 aliphatic rings. The van der Waals surface area contributed by atoms with Crippen molar-refractivity contribution < 1.29 is 10.2 Å². The maximum Gasteiger partial charge on any atom is 0.122 e. The second kappa shape index (κ2) is 5.44. The third-order valence-electron chi connectivity index (χ3n) is 3.22. The van der Waals surface area contributed by atoms with E-state index in [2.05, 4.69) is 5.32 Å². The molecule has 1 atom stereocenters. The Balaban J connectivity index is 2.23. The van der Waals surface area contributed by atoms with Crippen LogP contribution in [0.4, 0.5) is 0 Å². The third-order valence-corrected chi connectivity index (χ3v) is 3.94. The number of benzene rings is 1. The maximum absolute atomic E-state index is 10.3. The molecule has 3 nitrogen and oxygen atoms in total. The van der Waals surface area contributed by atoms with Crippen molar-refractivity contribution >= 4 is 23.2 Å². The number of piperidine rings is 1. The van der Waals surface area contributed by atoms with Gasteiger partial charge in [-0.05, 0) is 37.9 Å². The smallest absolute Gasteiger partial charge is 0.122 e. The van der Waals surface area contributed by atoms with Gasteiger partial charge in [0, 0.05) is 11.6 Å². The van der Waals surface area contributed by atoms with Crippen molar-refractivity contribution in [3.8, 4) is 5.75 Å². The number of phenolic OH excluding ortho intramolecular Hbond substituents is 1. The maximum atomic E-state index is 10.3. The first-order valence-corrected chi connectivity index (χ1v) is 6.42. The van der Waals surface area contributed by atoms with Crippen molar-refractivity contribution in [3.05, 3.63) is 27.7 Å². The quantitative estimate of drug-likeness (QED) is 0.778. The average molecular weight is 276 g/mol. The standard InChI is InChI=1S/C12H15Cl2NO2/c13-9-5-8(11(16)6-10(9)14)12(17)7-1-3-15-4-2-7/h5-7,12,15-17H,1-4H2. The molecular weight excluding hydrogens is 261 g/mol. The fourth-order valence-corrected chi connectivity index (χ4v) is 2.53. The van der Waals surface area contributed by atoms with Gasteiger partial charge in [0.2, 0.25) is 0 Å². The SMILES string of the molecule is Oc1cc(Cl)c(Cl)cc1C(O)C1CCNCC1. The van der Waals surface area contributed by atoms with Crippen LogP contribution >= 0.6 is 23.2 Å². The molecule has 1 aromatic carbocycles. The van der Waals surface area contributed by atoms with Crippen LogP contribution in [0.1, 0.15) is 24.5 Å². The molecule has 0 radical (unpaired) electrons. The number of rotatable bonds is 2. The Morgan fingerprint density at radius 1 is 1.18 bits per heavy atom. The van der Waals surface area contributed by atoms with Gasteiger partial charge in [0.05, 0.1) is 16.1 Å². The molecular formula is C12H15Cl2NO2. The largest absolute Gasteiger partial charge is 0.508 e. The zero-order valence-corrected chi connectivity index (χ0v) is 10.8. The van der Waals surface area contributed by atoms with E-state index in [9.17, 15) is 10.2 Å². The van der Waals surface area contributed by atoms with Gasteiger partial charge < -0.3 is 15.5 Å². The van der Waals surface area contributed by atoms with E-state index in [0.29, 0.717) is 15.6 Å². The van der Waals surface area contributed by atoms with Gasteiger partial charge in [0.15, 0.2) is 0 Å². The fourth-order valence-electron chi connectivity index (χ4n) is 2.20. The van der Waals surface area contributed by atoms with Crippen LogP contribution in [-0.2, 0) is 0 Å². The lowest BCUT2D eigenvalue weighted by atomic mass is 9.88. The minimum absolute atomic E-state index is 0.00503. The summed E-state index contributed by atoms with van der Waals surface area (Å²) in [5.74, 6) is 0.157. The van der Waals surface area contributed by atoms with E-state index >= 15 is 0 Å². The normalized spacial score (nSPS) is 19.2. The minimum atomic E-state index is -0.688. The van der Waals surface area contributed by atoms with Crippen LogP contribution in [0.3, 0.4) is 0 Å². The molecule has 1 fully saturated rings. The number of phenols is 1. The Labute approximate surface area is 110 Å².